The third kappa shape index (κ3) is 5.00. The van der Waals surface area contributed by atoms with Gasteiger partial charge in [-0.3, -0.25) is 14.4 Å². The van der Waals surface area contributed by atoms with Crippen LogP contribution in [0.4, 0.5) is 10.1 Å². The van der Waals surface area contributed by atoms with E-state index in [1.807, 2.05) is 30.3 Å². The molecule has 3 amide bonds. The summed E-state index contributed by atoms with van der Waals surface area (Å²) in [4.78, 5) is 40.6. The Morgan fingerprint density at radius 3 is 1.84 bits per heavy atom. The lowest BCUT2D eigenvalue weighted by molar-refractivity contribution is -0.156. The monoisotopic (exact) mass is 431 g/mol. The van der Waals surface area contributed by atoms with Crippen molar-refractivity contribution < 1.29 is 18.8 Å². The lowest BCUT2D eigenvalue weighted by Crippen LogP contribution is -2.53. The van der Waals surface area contributed by atoms with E-state index >= 15 is 0 Å². The highest BCUT2D eigenvalue weighted by Crippen LogP contribution is 2.15. The van der Waals surface area contributed by atoms with E-state index in [2.05, 4.69) is 5.32 Å². The molecule has 0 radical (unpaired) electrons. The van der Waals surface area contributed by atoms with Crippen LogP contribution in [0.5, 0.6) is 0 Å². The minimum absolute atomic E-state index is 0.295. The van der Waals surface area contributed by atoms with Gasteiger partial charge in [0.05, 0.1) is 0 Å². The molecule has 3 aromatic carbocycles. The number of amides is 3. The van der Waals surface area contributed by atoms with Crippen molar-refractivity contribution in [1.29, 1.82) is 0 Å². The number of rotatable bonds is 6. The molecule has 0 aliphatic carbocycles. The van der Waals surface area contributed by atoms with E-state index in [4.69, 9.17) is 0 Å². The zero-order valence-electron chi connectivity index (χ0n) is 17.3. The molecule has 0 saturated carbocycles. The maximum atomic E-state index is 13.0. The fourth-order valence-electron chi connectivity index (χ4n) is 3.54. The summed E-state index contributed by atoms with van der Waals surface area (Å²) in [6.07, 6.45) is 0. The van der Waals surface area contributed by atoms with Gasteiger partial charge in [0, 0.05) is 37.4 Å². The lowest BCUT2D eigenvalue weighted by atomic mass is 10.1. The summed E-state index contributed by atoms with van der Waals surface area (Å²) in [5, 5.41) is 2.70. The van der Waals surface area contributed by atoms with Crippen molar-refractivity contribution in [2.75, 3.05) is 18.4 Å². The Morgan fingerprint density at radius 2 is 1.28 bits per heavy atom. The smallest absolute Gasteiger partial charge is 0.312 e. The largest absolute Gasteiger partial charge is 0.328 e. The number of nitrogens with one attached hydrogen (secondary N) is 1. The van der Waals surface area contributed by atoms with Crippen LogP contribution in [-0.4, -0.2) is 40.6 Å². The molecule has 162 valence electrons. The van der Waals surface area contributed by atoms with E-state index in [-0.39, 0.29) is 11.7 Å². The number of halogens is 1. The molecule has 0 spiro atoms. The van der Waals surface area contributed by atoms with E-state index < -0.39 is 11.8 Å². The van der Waals surface area contributed by atoms with Crippen LogP contribution in [0.1, 0.15) is 21.5 Å². The molecule has 6 nitrogen and oxygen atoms in total. The van der Waals surface area contributed by atoms with Crippen molar-refractivity contribution in [2.45, 2.75) is 13.1 Å². The highest BCUT2D eigenvalue weighted by atomic mass is 19.1. The van der Waals surface area contributed by atoms with Crippen molar-refractivity contribution in [1.82, 2.24) is 9.80 Å². The van der Waals surface area contributed by atoms with Gasteiger partial charge in [-0.15, -0.1) is 0 Å². The Balaban J connectivity index is 1.34. The number of carbonyl (C=O) groups excluding carboxylic acids is 3. The van der Waals surface area contributed by atoms with Gasteiger partial charge < -0.3 is 15.1 Å². The normalized spacial score (nSPS) is 13.9. The van der Waals surface area contributed by atoms with Crippen molar-refractivity contribution in [3.63, 3.8) is 0 Å². The zero-order chi connectivity index (χ0) is 22.5. The van der Waals surface area contributed by atoms with Gasteiger partial charge in [-0.2, -0.15) is 0 Å². The Bertz CT molecular complexity index is 1120. The fraction of sp³-hybridized carbons (Fsp3) is 0.160. The third-order valence-corrected chi connectivity index (χ3v) is 5.31. The molecule has 32 heavy (non-hydrogen) atoms. The molecular weight excluding hydrogens is 409 g/mol. The standard InChI is InChI=1S/C25H22FN3O3/c26-21-10-12-22(13-11-21)27-23(30)20-8-6-19(7-9-20)17-29-15-14-28(24(31)25(29)32)16-18-4-2-1-3-5-18/h1-13H,14-17H2,(H,27,30). The number of carbonyl (C=O) groups is 3. The van der Waals surface area contributed by atoms with Gasteiger partial charge in [0.15, 0.2) is 0 Å². The van der Waals surface area contributed by atoms with Crippen molar-refractivity contribution in [3.8, 4) is 0 Å². The average Bonchev–Trinajstić information content (AvgIpc) is 2.81. The summed E-state index contributed by atoms with van der Waals surface area (Å²) in [6, 6.07) is 21.9. The third-order valence-electron chi connectivity index (χ3n) is 5.31. The van der Waals surface area contributed by atoms with Gasteiger partial charge in [-0.25, -0.2) is 4.39 Å². The maximum absolute atomic E-state index is 13.0. The van der Waals surface area contributed by atoms with Crippen LogP contribution in [-0.2, 0) is 22.7 Å². The number of benzene rings is 3. The Labute approximate surface area is 185 Å². The molecule has 1 aliphatic heterocycles. The predicted octanol–water partition coefficient (Wildman–Crippen LogP) is 3.45. The van der Waals surface area contributed by atoms with E-state index in [0.29, 0.717) is 37.4 Å². The van der Waals surface area contributed by atoms with E-state index in [0.717, 1.165) is 11.1 Å². The highest BCUT2D eigenvalue weighted by Gasteiger charge is 2.32. The first-order valence-corrected chi connectivity index (χ1v) is 10.3. The molecular formula is C25H22FN3O3. The molecule has 1 aliphatic rings. The van der Waals surface area contributed by atoms with Crippen LogP contribution >= 0.6 is 0 Å². The van der Waals surface area contributed by atoms with E-state index in [9.17, 15) is 18.8 Å². The van der Waals surface area contributed by atoms with Gasteiger partial charge in [0.25, 0.3) is 5.91 Å². The van der Waals surface area contributed by atoms with Crippen LogP contribution < -0.4 is 5.32 Å². The Hall–Kier alpha value is -4.00. The second kappa shape index (κ2) is 9.43. The molecule has 0 unspecified atom stereocenters. The van der Waals surface area contributed by atoms with E-state index in [1.165, 1.54) is 29.2 Å². The van der Waals surface area contributed by atoms with Gasteiger partial charge in [0.1, 0.15) is 5.82 Å². The zero-order valence-corrected chi connectivity index (χ0v) is 17.3. The molecule has 3 aromatic rings. The summed E-state index contributed by atoms with van der Waals surface area (Å²) in [6.45, 7) is 1.63. The molecule has 1 fully saturated rings. The molecule has 1 heterocycles. The van der Waals surface area contributed by atoms with E-state index in [1.54, 1.807) is 29.2 Å². The highest BCUT2D eigenvalue weighted by molar-refractivity contribution is 6.35. The summed E-state index contributed by atoms with van der Waals surface area (Å²) >= 11 is 0. The van der Waals surface area contributed by atoms with Gasteiger partial charge in [-0.05, 0) is 47.5 Å². The van der Waals surface area contributed by atoms with Crippen molar-refractivity contribution in [2.24, 2.45) is 0 Å². The molecule has 0 atom stereocenters. The Kier molecular flexibility index (Phi) is 6.26. The molecule has 4 rings (SSSR count). The second-order valence-electron chi connectivity index (χ2n) is 7.60. The molecule has 0 bridgehead atoms. The number of nitrogens with zero attached hydrogens (tertiary/aromatic N) is 2. The SMILES string of the molecule is O=C(Nc1ccc(F)cc1)c1ccc(CN2CCN(Cc3ccccc3)C(=O)C2=O)cc1. The predicted molar refractivity (Wildman–Crippen MR) is 118 cm³/mol. The lowest BCUT2D eigenvalue weighted by Gasteiger charge is -2.33. The van der Waals surface area contributed by atoms with Crippen LogP contribution in [0, 0.1) is 5.82 Å². The summed E-state index contributed by atoms with van der Waals surface area (Å²) in [7, 11) is 0. The van der Waals surface area contributed by atoms with Crippen LogP contribution in [0.3, 0.4) is 0 Å². The molecule has 7 heteroatoms. The fourth-order valence-corrected chi connectivity index (χ4v) is 3.54. The van der Waals surface area contributed by atoms with Gasteiger partial charge in [-0.1, -0.05) is 42.5 Å². The van der Waals surface area contributed by atoms with Crippen molar-refractivity contribution in [3.05, 3.63) is 101 Å². The summed E-state index contributed by atoms with van der Waals surface area (Å²) in [5.41, 5.74) is 2.74. The molecule has 0 aromatic heterocycles. The molecule has 1 saturated heterocycles. The first-order chi connectivity index (χ1) is 15.5. The number of hydrogen-bond donors (Lipinski definition) is 1. The minimum Gasteiger partial charge on any atom is -0.328 e. The van der Waals surface area contributed by atoms with Crippen molar-refractivity contribution >= 4 is 23.4 Å². The first-order valence-electron chi connectivity index (χ1n) is 10.3. The quantitative estimate of drug-likeness (QED) is 0.608. The maximum Gasteiger partial charge on any atom is 0.312 e. The Morgan fingerprint density at radius 1 is 0.750 bits per heavy atom. The van der Waals surface area contributed by atoms with Gasteiger partial charge in [0.2, 0.25) is 0 Å². The average molecular weight is 431 g/mol. The topological polar surface area (TPSA) is 69.7 Å². The second-order valence-corrected chi connectivity index (χ2v) is 7.60. The number of piperazine rings is 1. The number of hydrogen-bond acceptors (Lipinski definition) is 3. The summed E-state index contributed by atoms with van der Waals surface area (Å²) in [5.74, 6) is -1.72. The van der Waals surface area contributed by atoms with Crippen LogP contribution in [0.2, 0.25) is 0 Å². The molecule has 1 N–H and O–H groups in total. The van der Waals surface area contributed by atoms with Crippen LogP contribution in [0.15, 0.2) is 78.9 Å². The number of anilines is 1. The first kappa shape index (κ1) is 21.2. The van der Waals surface area contributed by atoms with Crippen LogP contribution in [0.25, 0.3) is 0 Å². The summed E-state index contributed by atoms with van der Waals surface area (Å²) < 4.78 is 13.0. The van der Waals surface area contributed by atoms with Gasteiger partial charge >= 0.3 is 11.8 Å². The minimum atomic E-state index is -0.523.